The Kier molecular flexibility index (Phi) is 6.10. The smallest absolute Gasteiger partial charge is 0.303 e. The van der Waals surface area contributed by atoms with Crippen LogP contribution in [0, 0.1) is 12.8 Å². The molecular weight excluding hydrogens is 328 g/mol. The summed E-state index contributed by atoms with van der Waals surface area (Å²) in [7, 11) is 0. The van der Waals surface area contributed by atoms with Crippen LogP contribution in [0.15, 0.2) is 42.7 Å². The topological polar surface area (TPSA) is 62.7 Å². The third kappa shape index (κ3) is 5.22. The molecule has 3 rings (SSSR count). The number of anilines is 1. The number of benzene rings is 1. The quantitative estimate of drug-likeness (QED) is 0.813. The Balaban J connectivity index is 1.59. The first-order valence-corrected chi connectivity index (χ1v) is 9.20. The van der Waals surface area contributed by atoms with Gasteiger partial charge < -0.3 is 14.7 Å². The highest BCUT2D eigenvalue weighted by Crippen LogP contribution is 2.27. The van der Waals surface area contributed by atoms with E-state index in [1.165, 1.54) is 5.56 Å². The van der Waals surface area contributed by atoms with Crippen LogP contribution in [-0.2, 0) is 11.4 Å². The number of piperidine rings is 1. The van der Waals surface area contributed by atoms with Crippen LogP contribution in [0.4, 0.5) is 5.69 Å². The highest BCUT2D eigenvalue weighted by Gasteiger charge is 2.21. The van der Waals surface area contributed by atoms with Crippen LogP contribution in [0.25, 0.3) is 0 Å². The van der Waals surface area contributed by atoms with Crippen molar-refractivity contribution in [3.05, 3.63) is 53.9 Å². The summed E-state index contributed by atoms with van der Waals surface area (Å²) in [6.45, 7) is 4.45. The largest absolute Gasteiger partial charge is 0.487 e. The summed E-state index contributed by atoms with van der Waals surface area (Å²) in [4.78, 5) is 17.4. The molecule has 5 heteroatoms. The Morgan fingerprint density at radius 2 is 2.12 bits per heavy atom. The Morgan fingerprint density at radius 3 is 2.88 bits per heavy atom. The molecule has 0 aliphatic carbocycles. The summed E-state index contributed by atoms with van der Waals surface area (Å²) in [5.74, 6) is 0.475. The molecule has 1 aromatic carbocycles. The van der Waals surface area contributed by atoms with E-state index in [4.69, 9.17) is 9.84 Å². The summed E-state index contributed by atoms with van der Waals surface area (Å²) in [6.07, 6.45) is 6.76. The Morgan fingerprint density at radius 1 is 1.31 bits per heavy atom. The standard InChI is InChI=1S/C21H26N2O3/c1-16-4-6-18(7-5-16)15-26-20-11-19(12-22-13-20)23-10-2-3-17(14-23)8-9-21(24)25/h4-7,11-13,17H,2-3,8-10,14-15H2,1H3,(H,24,25). The molecule has 0 bridgehead atoms. The number of aromatic nitrogens is 1. The van der Waals surface area contributed by atoms with Gasteiger partial charge in [-0.3, -0.25) is 9.78 Å². The summed E-state index contributed by atoms with van der Waals surface area (Å²) >= 11 is 0. The number of hydrogen-bond donors (Lipinski definition) is 1. The van der Waals surface area contributed by atoms with Gasteiger partial charge in [0.2, 0.25) is 0 Å². The van der Waals surface area contributed by atoms with Gasteiger partial charge in [0.1, 0.15) is 12.4 Å². The number of hydrogen-bond acceptors (Lipinski definition) is 4. The maximum atomic E-state index is 10.8. The molecule has 1 fully saturated rings. The molecule has 0 spiro atoms. The normalized spacial score (nSPS) is 17.1. The summed E-state index contributed by atoms with van der Waals surface area (Å²) in [5.41, 5.74) is 3.42. The monoisotopic (exact) mass is 354 g/mol. The minimum absolute atomic E-state index is 0.246. The lowest BCUT2D eigenvalue weighted by molar-refractivity contribution is -0.137. The third-order valence-electron chi connectivity index (χ3n) is 4.88. The first kappa shape index (κ1) is 18.2. The van der Waals surface area contributed by atoms with Gasteiger partial charge in [-0.2, -0.15) is 0 Å². The van der Waals surface area contributed by atoms with Crippen molar-refractivity contribution in [2.45, 2.75) is 39.2 Å². The predicted molar refractivity (Wildman–Crippen MR) is 102 cm³/mol. The first-order valence-electron chi connectivity index (χ1n) is 9.20. The number of rotatable bonds is 7. The van der Waals surface area contributed by atoms with Gasteiger partial charge in [-0.05, 0) is 37.7 Å². The average Bonchev–Trinajstić information content (AvgIpc) is 2.66. The van der Waals surface area contributed by atoms with Crippen LogP contribution < -0.4 is 9.64 Å². The van der Waals surface area contributed by atoms with Gasteiger partial charge in [-0.25, -0.2) is 0 Å². The molecule has 1 unspecified atom stereocenters. The molecule has 1 aliphatic rings. The molecule has 1 aliphatic heterocycles. The zero-order valence-electron chi connectivity index (χ0n) is 15.2. The van der Waals surface area contributed by atoms with Crippen molar-refractivity contribution in [2.24, 2.45) is 5.92 Å². The lowest BCUT2D eigenvalue weighted by Crippen LogP contribution is -2.35. The Hall–Kier alpha value is -2.56. The molecule has 0 amide bonds. The summed E-state index contributed by atoms with van der Waals surface area (Å²) < 4.78 is 5.90. The van der Waals surface area contributed by atoms with Gasteiger partial charge in [-0.1, -0.05) is 29.8 Å². The fourth-order valence-corrected chi connectivity index (χ4v) is 3.37. The second-order valence-corrected chi connectivity index (χ2v) is 7.04. The van der Waals surface area contributed by atoms with Crippen molar-refractivity contribution in [1.82, 2.24) is 4.98 Å². The van der Waals surface area contributed by atoms with Crippen molar-refractivity contribution in [3.63, 3.8) is 0 Å². The molecule has 1 atom stereocenters. The van der Waals surface area contributed by atoms with Crippen LogP contribution >= 0.6 is 0 Å². The van der Waals surface area contributed by atoms with E-state index in [0.717, 1.165) is 49.4 Å². The highest BCUT2D eigenvalue weighted by atomic mass is 16.5. The van der Waals surface area contributed by atoms with Crippen LogP contribution in [-0.4, -0.2) is 29.1 Å². The van der Waals surface area contributed by atoms with Crippen molar-refractivity contribution in [1.29, 1.82) is 0 Å². The minimum Gasteiger partial charge on any atom is -0.487 e. The Bertz CT molecular complexity index is 730. The van der Waals surface area contributed by atoms with Gasteiger partial charge in [0.05, 0.1) is 18.1 Å². The lowest BCUT2D eigenvalue weighted by atomic mass is 9.93. The first-order chi connectivity index (χ1) is 12.6. The molecule has 138 valence electrons. The van der Waals surface area contributed by atoms with E-state index in [0.29, 0.717) is 12.5 Å². The molecule has 1 saturated heterocycles. The fourth-order valence-electron chi connectivity index (χ4n) is 3.37. The predicted octanol–water partition coefficient (Wildman–Crippen LogP) is 4.05. The zero-order valence-corrected chi connectivity index (χ0v) is 15.2. The van der Waals surface area contributed by atoms with Crippen molar-refractivity contribution < 1.29 is 14.6 Å². The van der Waals surface area contributed by atoms with E-state index in [9.17, 15) is 4.79 Å². The van der Waals surface area contributed by atoms with Gasteiger partial charge in [0, 0.05) is 25.6 Å². The van der Waals surface area contributed by atoms with E-state index in [-0.39, 0.29) is 6.42 Å². The number of ether oxygens (including phenoxy) is 1. The lowest BCUT2D eigenvalue weighted by Gasteiger charge is -2.34. The van der Waals surface area contributed by atoms with Crippen molar-refractivity contribution >= 4 is 11.7 Å². The van der Waals surface area contributed by atoms with E-state index < -0.39 is 5.97 Å². The summed E-state index contributed by atoms with van der Waals surface area (Å²) in [6, 6.07) is 10.3. The Labute approximate surface area is 154 Å². The molecule has 2 aromatic rings. The molecule has 5 nitrogen and oxygen atoms in total. The third-order valence-corrected chi connectivity index (χ3v) is 4.88. The molecule has 0 radical (unpaired) electrons. The molecule has 26 heavy (non-hydrogen) atoms. The molecule has 2 heterocycles. The average molecular weight is 354 g/mol. The highest BCUT2D eigenvalue weighted by molar-refractivity contribution is 5.66. The van der Waals surface area contributed by atoms with E-state index in [2.05, 4.69) is 41.1 Å². The van der Waals surface area contributed by atoms with Gasteiger partial charge in [0.25, 0.3) is 0 Å². The van der Waals surface area contributed by atoms with Crippen LogP contribution in [0.2, 0.25) is 0 Å². The van der Waals surface area contributed by atoms with Crippen LogP contribution in [0.5, 0.6) is 5.75 Å². The molecular formula is C21H26N2O3. The number of aryl methyl sites for hydroxylation is 1. The molecule has 1 aromatic heterocycles. The second-order valence-electron chi connectivity index (χ2n) is 7.04. The van der Waals surface area contributed by atoms with E-state index >= 15 is 0 Å². The fraction of sp³-hybridized carbons (Fsp3) is 0.429. The zero-order chi connectivity index (χ0) is 18.4. The van der Waals surface area contributed by atoms with Gasteiger partial charge >= 0.3 is 5.97 Å². The number of nitrogens with zero attached hydrogens (tertiary/aromatic N) is 2. The maximum absolute atomic E-state index is 10.8. The number of pyridine rings is 1. The van der Waals surface area contributed by atoms with Crippen LogP contribution in [0.3, 0.4) is 0 Å². The number of carboxylic acids is 1. The van der Waals surface area contributed by atoms with Crippen LogP contribution in [0.1, 0.15) is 36.8 Å². The van der Waals surface area contributed by atoms with Gasteiger partial charge in [-0.15, -0.1) is 0 Å². The molecule has 0 saturated carbocycles. The number of aliphatic carboxylic acids is 1. The van der Waals surface area contributed by atoms with E-state index in [1.807, 2.05) is 12.3 Å². The van der Waals surface area contributed by atoms with Crippen molar-refractivity contribution in [2.75, 3.05) is 18.0 Å². The maximum Gasteiger partial charge on any atom is 0.303 e. The minimum atomic E-state index is -0.713. The SMILES string of the molecule is Cc1ccc(COc2cncc(N3CCCC(CCC(=O)O)C3)c2)cc1. The number of carboxylic acid groups (broad SMARTS) is 1. The van der Waals surface area contributed by atoms with E-state index in [1.54, 1.807) is 6.20 Å². The summed E-state index contributed by atoms with van der Waals surface area (Å²) in [5, 5.41) is 8.89. The number of carbonyl (C=O) groups is 1. The van der Waals surface area contributed by atoms with Crippen molar-refractivity contribution in [3.8, 4) is 5.75 Å². The second kappa shape index (κ2) is 8.70. The molecule has 1 N–H and O–H groups in total. The van der Waals surface area contributed by atoms with Gasteiger partial charge in [0.15, 0.2) is 0 Å².